The van der Waals surface area contributed by atoms with E-state index >= 15 is 0 Å². The number of benzene rings is 2. The smallest absolute Gasteiger partial charge is 0.169 e. The number of nitrogens with two attached hydrogens (primary N) is 1. The first-order valence-electron chi connectivity index (χ1n) is 6.26. The summed E-state index contributed by atoms with van der Waals surface area (Å²) in [5.74, 6) is -0.714. The van der Waals surface area contributed by atoms with Crippen molar-refractivity contribution in [2.24, 2.45) is 0 Å². The average molecular weight is 257 g/mol. The summed E-state index contributed by atoms with van der Waals surface area (Å²) >= 11 is 0. The van der Waals surface area contributed by atoms with Crippen molar-refractivity contribution in [3.8, 4) is 0 Å². The van der Waals surface area contributed by atoms with E-state index in [2.05, 4.69) is 6.92 Å². The van der Waals surface area contributed by atoms with Gasteiger partial charge in [0.2, 0.25) is 0 Å². The Morgan fingerprint density at radius 2 is 1.74 bits per heavy atom. The lowest BCUT2D eigenvalue weighted by Crippen LogP contribution is -2.08. The van der Waals surface area contributed by atoms with Crippen LogP contribution in [-0.4, -0.2) is 5.78 Å². The molecule has 0 spiro atoms. The second kappa shape index (κ2) is 5.65. The zero-order valence-corrected chi connectivity index (χ0v) is 10.8. The minimum absolute atomic E-state index is 0.0716. The molecule has 0 aliphatic heterocycles. The van der Waals surface area contributed by atoms with Crippen molar-refractivity contribution < 1.29 is 9.18 Å². The highest BCUT2D eigenvalue weighted by atomic mass is 19.1. The molecule has 0 amide bonds. The van der Waals surface area contributed by atoms with Crippen LogP contribution < -0.4 is 5.73 Å². The van der Waals surface area contributed by atoms with E-state index < -0.39 is 5.82 Å². The molecule has 0 saturated heterocycles. The van der Waals surface area contributed by atoms with E-state index in [9.17, 15) is 9.18 Å². The molecule has 2 rings (SSSR count). The molecule has 2 aromatic rings. The number of nitrogen functional groups attached to an aromatic ring is 1. The molecular weight excluding hydrogens is 241 g/mol. The third-order valence-corrected chi connectivity index (χ3v) is 3.15. The largest absolute Gasteiger partial charge is 0.396 e. The molecule has 98 valence electrons. The Morgan fingerprint density at radius 3 is 2.37 bits per heavy atom. The molecule has 0 unspecified atom stereocenters. The van der Waals surface area contributed by atoms with Gasteiger partial charge in [-0.25, -0.2) is 4.39 Å². The molecule has 2 aromatic carbocycles. The minimum Gasteiger partial charge on any atom is -0.396 e. The van der Waals surface area contributed by atoms with Gasteiger partial charge >= 0.3 is 0 Å². The zero-order valence-electron chi connectivity index (χ0n) is 10.8. The van der Waals surface area contributed by atoms with Gasteiger partial charge in [-0.1, -0.05) is 37.3 Å². The zero-order chi connectivity index (χ0) is 13.8. The Morgan fingerprint density at radius 1 is 1.11 bits per heavy atom. The van der Waals surface area contributed by atoms with Crippen molar-refractivity contribution in [1.29, 1.82) is 0 Å². The van der Waals surface area contributed by atoms with Gasteiger partial charge in [-0.15, -0.1) is 0 Å². The second-order valence-electron chi connectivity index (χ2n) is 4.47. The molecule has 0 atom stereocenters. The van der Waals surface area contributed by atoms with Crippen LogP contribution in [0.5, 0.6) is 0 Å². The van der Waals surface area contributed by atoms with Crippen LogP contribution in [0.3, 0.4) is 0 Å². The third-order valence-electron chi connectivity index (χ3n) is 3.15. The molecule has 0 fully saturated rings. The maximum Gasteiger partial charge on any atom is 0.169 e. The summed E-state index contributed by atoms with van der Waals surface area (Å²) in [6.07, 6.45) is 1.20. The molecule has 0 aliphatic carbocycles. The first-order chi connectivity index (χ1) is 9.11. The molecule has 3 heteroatoms. The molecule has 2 N–H and O–H groups in total. The highest BCUT2D eigenvalue weighted by molar-refractivity contribution is 6.01. The van der Waals surface area contributed by atoms with Crippen molar-refractivity contribution in [3.63, 3.8) is 0 Å². The van der Waals surface area contributed by atoms with Crippen LogP contribution in [0.2, 0.25) is 0 Å². The van der Waals surface area contributed by atoms with E-state index in [1.165, 1.54) is 17.7 Å². The van der Waals surface area contributed by atoms with Crippen LogP contribution in [0.1, 0.15) is 28.4 Å². The van der Waals surface area contributed by atoms with Crippen molar-refractivity contribution in [2.75, 3.05) is 5.73 Å². The van der Waals surface area contributed by atoms with Crippen LogP contribution in [0.15, 0.2) is 42.5 Å². The van der Waals surface area contributed by atoms with Gasteiger partial charge in [-0.3, -0.25) is 4.79 Å². The number of halogens is 1. The topological polar surface area (TPSA) is 43.1 Å². The highest BCUT2D eigenvalue weighted by Gasteiger charge is 2.13. The van der Waals surface area contributed by atoms with E-state index in [-0.39, 0.29) is 23.5 Å². The van der Waals surface area contributed by atoms with Gasteiger partial charge < -0.3 is 5.73 Å². The number of para-hydroxylation sites is 1. The lowest BCUT2D eigenvalue weighted by atomic mass is 10.0. The molecule has 19 heavy (non-hydrogen) atoms. The molecule has 2 nitrogen and oxygen atoms in total. The number of hydrogen-bond acceptors (Lipinski definition) is 2. The van der Waals surface area contributed by atoms with Crippen LogP contribution >= 0.6 is 0 Å². The van der Waals surface area contributed by atoms with Gasteiger partial charge in [-0.05, 0) is 29.7 Å². The van der Waals surface area contributed by atoms with Crippen molar-refractivity contribution in [2.45, 2.75) is 19.8 Å². The van der Waals surface area contributed by atoms with Gasteiger partial charge in [0, 0.05) is 12.0 Å². The van der Waals surface area contributed by atoms with Gasteiger partial charge in [0.05, 0.1) is 5.69 Å². The van der Waals surface area contributed by atoms with Crippen molar-refractivity contribution >= 4 is 11.5 Å². The number of rotatable bonds is 4. The summed E-state index contributed by atoms with van der Waals surface area (Å²) in [6, 6.07) is 12.1. The summed E-state index contributed by atoms with van der Waals surface area (Å²) in [6.45, 7) is 2.08. The number of carbonyl (C=O) groups is 1. The summed E-state index contributed by atoms with van der Waals surface area (Å²) in [4.78, 5) is 12.1. The van der Waals surface area contributed by atoms with E-state index in [0.717, 1.165) is 12.0 Å². The molecule has 0 heterocycles. The molecule has 0 saturated carbocycles. The number of aryl methyl sites for hydroxylation is 1. The van der Waals surface area contributed by atoms with E-state index in [0.29, 0.717) is 0 Å². The lowest BCUT2D eigenvalue weighted by Gasteiger charge is -2.06. The van der Waals surface area contributed by atoms with Crippen molar-refractivity contribution in [3.05, 3.63) is 65.0 Å². The first-order valence-corrected chi connectivity index (χ1v) is 6.26. The fourth-order valence-corrected chi connectivity index (χ4v) is 1.95. The Labute approximate surface area is 112 Å². The van der Waals surface area contributed by atoms with Crippen LogP contribution in [-0.2, 0) is 12.8 Å². The maximum absolute atomic E-state index is 13.3. The van der Waals surface area contributed by atoms with E-state index in [1.807, 2.05) is 24.3 Å². The fourth-order valence-electron chi connectivity index (χ4n) is 1.95. The summed E-state index contributed by atoms with van der Waals surface area (Å²) in [7, 11) is 0. The SMILES string of the molecule is CCc1ccc(CC(=O)c2cccc(F)c2N)cc1. The number of hydrogen-bond donors (Lipinski definition) is 1. The average Bonchev–Trinajstić information content (AvgIpc) is 2.42. The molecule has 0 bridgehead atoms. The predicted molar refractivity (Wildman–Crippen MR) is 74.7 cm³/mol. The Hall–Kier alpha value is -2.16. The quantitative estimate of drug-likeness (QED) is 0.674. The highest BCUT2D eigenvalue weighted by Crippen LogP contribution is 2.18. The predicted octanol–water partition coefficient (Wildman–Crippen LogP) is 3.40. The minimum atomic E-state index is -0.549. The fraction of sp³-hybridized carbons (Fsp3) is 0.188. The molecule has 0 aromatic heterocycles. The number of anilines is 1. The summed E-state index contributed by atoms with van der Waals surface area (Å²) < 4.78 is 13.3. The lowest BCUT2D eigenvalue weighted by molar-refractivity contribution is 0.0993. The van der Waals surface area contributed by atoms with Crippen LogP contribution in [0.25, 0.3) is 0 Å². The van der Waals surface area contributed by atoms with E-state index in [4.69, 9.17) is 5.73 Å². The molecule has 0 radical (unpaired) electrons. The Kier molecular flexibility index (Phi) is 3.95. The van der Waals surface area contributed by atoms with Gasteiger partial charge in [0.25, 0.3) is 0 Å². The molecule has 0 aliphatic rings. The summed E-state index contributed by atoms with van der Waals surface area (Å²) in [5.41, 5.74) is 7.90. The number of ketones is 1. The second-order valence-corrected chi connectivity index (χ2v) is 4.47. The summed E-state index contributed by atoms with van der Waals surface area (Å²) in [5, 5.41) is 0. The van der Waals surface area contributed by atoms with Gasteiger partial charge in [0.15, 0.2) is 5.78 Å². The van der Waals surface area contributed by atoms with Crippen LogP contribution in [0.4, 0.5) is 10.1 Å². The maximum atomic E-state index is 13.3. The Bertz CT molecular complexity index is 590. The van der Waals surface area contributed by atoms with E-state index in [1.54, 1.807) is 6.07 Å². The van der Waals surface area contributed by atoms with Crippen LogP contribution in [0, 0.1) is 5.82 Å². The van der Waals surface area contributed by atoms with Gasteiger partial charge in [0.1, 0.15) is 5.82 Å². The normalized spacial score (nSPS) is 10.4. The molecular formula is C16H16FNO. The number of carbonyl (C=O) groups excluding carboxylic acids is 1. The number of Topliss-reactive ketones (excluding diaryl/α,β-unsaturated/α-hetero) is 1. The first kappa shape index (κ1) is 13.3. The van der Waals surface area contributed by atoms with Gasteiger partial charge in [-0.2, -0.15) is 0 Å². The standard InChI is InChI=1S/C16H16FNO/c1-2-11-6-8-12(9-7-11)10-15(19)13-4-3-5-14(17)16(13)18/h3-9H,2,10,18H2,1H3. The Balaban J connectivity index is 2.18. The third kappa shape index (κ3) is 2.99. The van der Waals surface area contributed by atoms with Crippen molar-refractivity contribution in [1.82, 2.24) is 0 Å². The monoisotopic (exact) mass is 257 g/mol.